The number of benzene rings is 2. The van der Waals surface area contributed by atoms with Crippen molar-refractivity contribution in [3.63, 3.8) is 0 Å². The van der Waals surface area contributed by atoms with Crippen LogP contribution in [0.2, 0.25) is 0 Å². The molecule has 6 heteroatoms. The molecule has 140 valence electrons. The van der Waals surface area contributed by atoms with E-state index >= 15 is 0 Å². The predicted molar refractivity (Wildman–Crippen MR) is 109 cm³/mol. The van der Waals surface area contributed by atoms with Crippen molar-refractivity contribution in [2.24, 2.45) is 0 Å². The highest BCUT2D eigenvalue weighted by Crippen LogP contribution is 2.24. The van der Waals surface area contributed by atoms with Gasteiger partial charge in [-0.2, -0.15) is 5.10 Å². The second-order valence-corrected chi connectivity index (χ2v) is 7.26. The zero-order valence-electron chi connectivity index (χ0n) is 15.5. The number of aromatic nitrogens is 3. The van der Waals surface area contributed by atoms with Crippen molar-refractivity contribution in [1.29, 1.82) is 0 Å². The van der Waals surface area contributed by atoms with Crippen molar-refractivity contribution in [2.45, 2.75) is 32.0 Å². The van der Waals surface area contributed by atoms with E-state index in [1.165, 1.54) is 18.4 Å². The van der Waals surface area contributed by atoms with Gasteiger partial charge in [-0.15, -0.1) is 0 Å². The van der Waals surface area contributed by atoms with Gasteiger partial charge < -0.3 is 4.74 Å². The normalized spacial score (nSPS) is 17.3. The minimum absolute atomic E-state index is 0.533. The molecule has 1 aromatic heterocycles. The molecule has 0 bridgehead atoms. The average molecular weight is 381 g/mol. The van der Waals surface area contributed by atoms with Crippen LogP contribution in [0.15, 0.2) is 60.9 Å². The highest BCUT2D eigenvalue weighted by atomic mass is 32.1. The first-order chi connectivity index (χ1) is 13.3. The van der Waals surface area contributed by atoms with E-state index in [0.29, 0.717) is 10.8 Å². The van der Waals surface area contributed by atoms with Crippen molar-refractivity contribution >= 4 is 12.2 Å². The number of hydrogen-bond donors (Lipinski definition) is 0. The first-order valence-electron chi connectivity index (χ1n) is 9.32. The Morgan fingerprint density at radius 1 is 1.11 bits per heavy atom. The molecule has 27 heavy (non-hydrogen) atoms. The van der Waals surface area contributed by atoms with Crippen LogP contribution in [0, 0.1) is 4.77 Å². The van der Waals surface area contributed by atoms with Crippen molar-refractivity contribution in [3.05, 3.63) is 71.3 Å². The van der Waals surface area contributed by atoms with Crippen LogP contribution in [0.25, 0.3) is 5.69 Å². The Kier molecular flexibility index (Phi) is 5.36. The molecule has 1 fully saturated rings. The quantitative estimate of drug-likeness (QED) is 0.604. The lowest BCUT2D eigenvalue weighted by atomic mass is 10.0. The molecular formula is C21H24N4OS. The minimum atomic E-state index is 0.533. The van der Waals surface area contributed by atoms with Gasteiger partial charge in [0.15, 0.2) is 0 Å². The molecule has 1 atom stereocenters. The van der Waals surface area contributed by atoms with Gasteiger partial charge >= 0.3 is 0 Å². The van der Waals surface area contributed by atoms with Crippen LogP contribution in [0.4, 0.5) is 0 Å². The van der Waals surface area contributed by atoms with Gasteiger partial charge in [0.2, 0.25) is 4.77 Å². The first-order valence-corrected chi connectivity index (χ1v) is 9.73. The molecule has 2 aromatic carbocycles. The second kappa shape index (κ2) is 8.06. The van der Waals surface area contributed by atoms with Gasteiger partial charge in [-0.05, 0) is 49.2 Å². The average Bonchev–Trinajstić information content (AvgIpc) is 3.30. The summed E-state index contributed by atoms with van der Waals surface area (Å²) in [5, 5.41) is 4.55. The number of para-hydroxylation sites is 2. The number of hydrogen-bond acceptors (Lipinski definition) is 4. The summed E-state index contributed by atoms with van der Waals surface area (Å²) in [4.78, 5) is 2.49. The summed E-state index contributed by atoms with van der Waals surface area (Å²) in [5.74, 6) is 0.788. The second-order valence-electron chi connectivity index (χ2n) is 6.89. The van der Waals surface area contributed by atoms with E-state index in [1.54, 1.807) is 13.4 Å². The van der Waals surface area contributed by atoms with Crippen LogP contribution in [0.1, 0.15) is 18.4 Å². The molecule has 1 unspecified atom stereocenters. The van der Waals surface area contributed by atoms with E-state index in [2.05, 4.69) is 40.3 Å². The van der Waals surface area contributed by atoms with Crippen LogP contribution in [-0.2, 0) is 13.1 Å². The van der Waals surface area contributed by atoms with E-state index in [4.69, 9.17) is 17.0 Å². The monoisotopic (exact) mass is 380 g/mol. The number of nitrogens with zero attached hydrogens (tertiary/aromatic N) is 4. The molecule has 0 spiro atoms. The number of ether oxygens (including phenoxy) is 1. The molecule has 3 aromatic rings. The van der Waals surface area contributed by atoms with Gasteiger partial charge in [0.25, 0.3) is 0 Å². The van der Waals surface area contributed by atoms with Crippen LogP contribution in [-0.4, -0.2) is 38.9 Å². The van der Waals surface area contributed by atoms with Crippen LogP contribution < -0.4 is 4.74 Å². The summed E-state index contributed by atoms with van der Waals surface area (Å²) in [6.45, 7) is 1.80. The lowest BCUT2D eigenvalue weighted by Crippen LogP contribution is -2.33. The zero-order chi connectivity index (χ0) is 18.6. The third kappa shape index (κ3) is 3.82. The molecule has 0 amide bonds. The number of methoxy groups -OCH3 is 1. The molecule has 1 aliphatic rings. The van der Waals surface area contributed by atoms with E-state index in [0.717, 1.165) is 31.1 Å². The summed E-state index contributed by atoms with van der Waals surface area (Å²) < 4.78 is 9.97. The van der Waals surface area contributed by atoms with Gasteiger partial charge in [0.05, 0.1) is 19.5 Å². The number of rotatable bonds is 6. The Morgan fingerprint density at radius 2 is 1.89 bits per heavy atom. The summed E-state index contributed by atoms with van der Waals surface area (Å²) in [6, 6.07) is 19.1. The summed E-state index contributed by atoms with van der Waals surface area (Å²) in [6.07, 6.45) is 5.29. The minimum Gasteiger partial charge on any atom is -0.495 e. The molecule has 0 saturated carbocycles. The van der Waals surface area contributed by atoms with Crippen molar-refractivity contribution in [2.75, 3.05) is 13.7 Å². The summed E-state index contributed by atoms with van der Waals surface area (Å²) in [5.41, 5.74) is 2.30. The Morgan fingerprint density at radius 3 is 2.70 bits per heavy atom. The van der Waals surface area contributed by atoms with Crippen molar-refractivity contribution in [1.82, 2.24) is 19.2 Å². The fourth-order valence-corrected chi connectivity index (χ4v) is 4.05. The lowest BCUT2D eigenvalue weighted by Gasteiger charge is -2.24. The molecule has 1 saturated heterocycles. The lowest BCUT2D eigenvalue weighted by molar-refractivity contribution is 0.187. The van der Waals surface area contributed by atoms with E-state index in [9.17, 15) is 0 Å². The van der Waals surface area contributed by atoms with Crippen molar-refractivity contribution in [3.8, 4) is 11.4 Å². The molecule has 0 aliphatic carbocycles. The van der Waals surface area contributed by atoms with Gasteiger partial charge in [-0.25, -0.2) is 4.68 Å². The topological polar surface area (TPSA) is 35.2 Å². The van der Waals surface area contributed by atoms with E-state index in [1.807, 2.05) is 33.5 Å². The smallest absolute Gasteiger partial charge is 0.203 e. The molecular weight excluding hydrogens is 356 g/mol. The molecule has 2 heterocycles. The molecule has 4 rings (SSSR count). The Hall–Kier alpha value is -2.44. The van der Waals surface area contributed by atoms with Gasteiger partial charge in [-0.1, -0.05) is 42.5 Å². The molecule has 5 nitrogen and oxygen atoms in total. The third-order valence-corrected chi connectivity index (χ3v) is 5.61. The maximum absolute atomic E-state index is 5.70. The Balaban J connectivity index is 1.53. The fraction of sp³-hybridized carbons (Fsp3) is 0.333. The zero-order valence-corrected chi connectivity index (χ0v) is 16.3. The Labute approximate surface area is 164 Å². The van der Waals surface area contributed by atoms with Crippen LogP contribution in [0.3, 0.4) is 0 Å². The van der Waals surface area contributed by atoms with Gasteiger partial charge in [-0.3, -0.25) is 9.47 Å². The van der Waals surface area contributed by atoms with Crippen LogP contribution in [0.5, 0.6) is 5.75 Å². The maximum atomic E-state index is 5.70. The van der Waals surface area contributed by atoms with Gasteiger partial charge in [0, 0.05) is 12.6 Å². The molecule has 0 radical (unpaired) electrons. The highest BCUT2D eigenvalue weighted by molar-refractivity contribution is 7.71. The molecule has 1 aliphatic heterocycles. The van der Waals surface area contributed by atoms with Gasteiger partial charge in [0.1, 0.15) is 12.1 Å². The summed E-state index contributed by atoms with van der Waals surface area (Å²) >= 11 is 5.70. The van der Waals surface area contributed by atoms with Crippen molar-refractivity contribution < 1.29 is 4.74 Å². The van der Waals surface area contributed by atoms with E-state index in [-0.39, 0.29) is 0 Å². The largest absolute Gasteiger partial charge is 0.495 e. The van der Waals surface area contributed by atoms with E-state index < -0.39 is 0 Å². The standard InChI is InChI=1S/C21H24N4OS/c1-26-20-12-6-5-11-19(20)24-15-22-25(21(24)27)16-23-13-7-10-18(23)14-17-8-3-2-4-9-17/h2-6,8-9,11-12,15,18H,7,10,13-14,16H2,1H3. The predicted octanol–water partition coefficient (Wildman–Crippen LogP) is 4.08. The fourth-order valence-electron chi connectivity index (χ4n) is 3.80. The SMILES string of the molecule is COc1ccccc1-n1cnn(CN2CCCC2Cc2ccccc2)c1=S. The Bertz CT molecular complexity index is 950. The summed E-state index contributed by atoms with van der Waals surface area (Å²) in [7, 11) is 1.67. The maximum Gasteiger partial charge on any atom is 0.203 e. The first kappa shape index (κ1) is 17.9. The third-order valence-electron chi connectivity index (χ3n) is 5.21. The highest BCUT2D eigenvalue weighted by Gasteiger charge is 2.25. The molecule has 0 N–H and O–H groups in total. The van der Waals surface area contributed by atoms with Crippen LogP contribution >= 0.6 is 12.2 Å². The number of likely N-dealkylation sites (tertiary alicyclic amines) is 1.